The Labute approximate surface area is 90.0 Å². The fourth-order valence-electron chi connectivity index (χ4n) is 3.29. The molecule has 0 unspecified atom stereocenters. The van der Waals surface area contributed by atoms with Crippen LogP contribution in [-0.2, 0) is 9.53 Å². The van der Waals surface area contributed by atoms with E-state index >= 15 is 0 Å². The Kier molecular flexibility index (Phi) is 2.50. The number of alkyl halides is 1. The molecule has 2 aliphatic rings. The molecule has 0 heterocycles. The largest absolute Gasteiger partial charge is 0.461 e. The molecule has 2 fully saturated rings. The van der Waals surface area contributed by atoms with Crippen molar-refractivity contribution in [2.45, 2.75) is 39.2 Å². The predicted molar refractivity (Wildman–Crippen MR) is 55.2 cm³/mol. The van der Waals surface area contributed by atoms with Crippen molar-refractivity contribution in [1.29, 1.82) is 0 Å². The lowest BCUT2D eigenvalue weighted by atomic mass is 9.82. The molecule has 0 saturated heterocycles. The molecule has 3 atom stereocenters. The quantitative estimate of drug-likeness (QED) is 0.524. The summed E-state index contributed by atoms with van der Waals surface area (Å²) in [6, 6.07) is 0. The van der Waals surface area contributed by atoms with Crippen LogP contribution in [0.4, 0.5) is 0 Å². The van der Waals surface area contributed by atoms with Crippen molar-refractivity contribution in [3.05, 3.63) is 0 Å². The monoisotopic (exact) mass is 216 g/mol. The Morgan fingerprint density at radius 3 is 2.64 bits per heavy atom. The molecule has 2 bridgehead atoms. The Hall–Kier alpha value is -0.240. The summed E-state index contributed by atoms with van der Waals surface area (Å²) in [5.41, 5.74) is 0.358. The van der Waals surface area contributed by atoms with Gasteiger partial charge in [0.1, 0.15) is 12.0 Å². The third kappa shape index (κ3) is 1.44. The molecule has 14 heavy (non-hydrogen) atoms. The van der Waals surface area contributed by atoms with Crippen molar-refractivity contribution >= 4 is 17.6 Å². The van der Waals surface area contributed by atoms with E-state index in [2.05, 4.69) is 13.8 Å². The van der Waals surface area contributed by atoms with Gasteiger partial charge in [0.05, 0.1) is 0 Å². The van der Waals surface area contributed by atoms with Gasteiger partial charge < -0.3 is 4.74 Å². The Balaban J connectivity index is 2.02. The average Bonchev–Trinajstić information content (AvgIpc) is 2.54. The zero-order valence-corrected chi connectivity index (χ0v) is 9.51. The molecule has 0 aromatic heterocycles. The summed E-state index contributed by atoms with van der Waals surface area (Å²) in [5.74, 6) is 1.01. The van der Waals surface area contributed by atoms with E-state index in [-0.39, 0.29) is 18.0 Å². The molecule has 0 radical (unpaired) electrons. The van der Waals surface area contributed by atoms with Gasteiger partial charge in [0.15, 0.2) is 0 Å². The van der Waals surface area contributed by atoms with E-state index in [1.165, 1.54) is 12.8 Å². The molecule has 0 spiro atoms. The summed E-state index contributed by atoms with van der Waals surface area (Å²) < 4.78 is 5.36. The Morgan fingerprint density at radius 1 is 1.50 bits per heavy atom. The molecular formula is C11H17ClO2. The fourth-order valence-corrected chi connectivity index (χ4v) is 3.35. The minimum atomic E-state index is -0.264. The van der Waals surface area contributed by atoms with Gasteiger partial charge in [0.2, 0.25) is 0 Å². The topological polar surface area (TPSA) is 26.3 Å². The van der Waals surface area contributed by atoms with Crippen LogP contribution >= 0.6 is 11.6 Å². The van der Waals surface area contributed by atoms with Gasteiger partial charge in [0.25, 0.3) is 0 Å². The van der Waals surface area contributed by atoms with Crippen LogP contribution in [0.5, 0.6) is 0 Å². The normalized spacial score (nSPS) is 38.6. The third-order valence-electron chi connectivity index (χ3n) is 4.19. The van der Waals surface area contributed by atoms with Crippen LogP contribution in [0.2, 0.25) is 0 Å². The SMILES string of the molecule is CC1(C)[C@H]2CC[C@@H]1[C@H](OC(=O)CCl)C2. The maximum absolute atomic E-state index is 11.1. The number of esters is 1. The first-order chi connectivity index (χ1) is 6.55. The summed E-state index contributed by atoms with van der Waals surface area (Å²) in [5, 5.41) is 0. The van der Waals surface area contributed by atoms with Gasteiger partial charge in [-0.15, -0.1) is 11.6 Å². The maximum Gasteiger partial charge on any atom is 0.321 e. The standard InChI is InChI=1S/C11H17ClO2/c1-11(2)7-3-4-8(11)9(5-7)14-10(13)6-12/h7-9H,3-6H2,1-2H3/t7-,8+,9+/m0/s1. The fraction of sp³-hybridized carbons (Fsp3) is 0.909. The van der Waals surface area contributed by atoms with Crippen LogP contribution in [0.3, 0.4) is 0 Å². The van der Waals surface area contributed by atoms with E-state index < -0.39 is 0 Å². The third-order valence-corrected chi connectivity index (χ3v) is 4.41. The summed E-state index contributed by atoms with van der Waals surface area (Å²) in [6.45, 7) is 4.59. The van der Waals surface area contributed by atoms with E-state index in [0.717, 1.165) is 12.3 Å². The van der Waals surface area contributed by atoms with Gasteiger partial charge in [-0.05, 0) is 30.6 Å². The minimum absolute atomic E-state index is 0.0195. The van der Waals surface area contributed by atoms with Crippen LogP contribution in [0.25, 0.3) is 0 Å². The molecule has 0 amide bonds. The van der Waals surface area contributed by atoms with E-state index in [4.69, 9.17) is 16.3 Å². The zero-order valence-electron chi connectivity index (χ0n) is 8.75. The second kappa shape index (κ2) is 3.41. The first-order valence-corrected chi connectivity index (χ1v) is 5.84. The molecular weight excluding hydrogens is 200 g/mol. The van der Waals surface area contributed by atoms with E-state index in [9.17, 15) is 4.79 Å². The van der Waals surface area contributed by atoms with Gasteiger partial charge in [0, 0.05) is 5.92 Å². The molecule has 0 N–H and O–H groups in total. The highest BCUT2D eigenvalue weighted by Crippen LogP contribution is 2.58. The highest BCUT2D eigenvalue weighted by molar-refractivity contribution is 6.26. The van der Waals surface area contributed by atoms with Crippen LogP contribution in [-0.4, -0.2) is 18.0 Å². The van der Waals surface area contributed by atoms with Crippen LogP contribution < -0.4 is 0 Å². The van der Waals surface area contributed by atoms with Crippen molar-refractivity contribution in [3.8, 4) is 0 Å². The van der Waals surface area contributed by atoms with E-state index in [1.54, 1.807) is 0 Å². The van der Waals surface area contributed by atoms with Gasteiger partial charge in [-0.1, -0.05) is 13.8 Å². The first kappa shape index (κ1) is 10.3. The lowest BCUT2D eigenvalue weighted by Crippen LogP contribution is -2.27. The summed E-state index contributed by atoms with van der Waals surface area (Å²) >= 11 is 5.43. The molecule has 0 aromatic carbocycles. The van der Waals surface area contributed by atoms with E-state index in [1.807, 2.05) is 0 Å². The second-order valence-electron chi connectivity index (χ2n) is 5.10. The van der Waals surface area contributed by atoms with Crippen molar-refractivity contribution in [2.75, 3.05) is 5.88 Å². The second-order valence-corrected chi connectivity index (χ2v) is 5.37. The maximum atomic E-state index is 11.1. The number of carbonyl (C=O) groups excluding carboxylic acids is 1. The van der Waals surface area contributed by atoms with Crippen LogP contribution in [0, 0.1) is 17.3 Å². The lowest BCUT2D eigenvalue weighted by molar-refractivity contribution is -0.148. The van der Waals surface area contributed by atoms with Crippen molar-refractivity contribution in [3.63, 3.8) is 0 Å². The summed E-state index contributed by atoms with van der Waals surface area (Å²) in [7, 11) is 0. The molecule has 2 rings (SSSR count). The van der Waals surface area contributed by atoms with Crippen molar-refractivity contribution in [1.82, 2.24) is 0 Å². The van der Waals surface area contributed by atoms with Crippen LogP contribution in [0.1, 0.15) is 33.1 Å². The van der Waals surface area contributed by atoms with Gasteiger partial charge >= 0.3 is 5.97 Å². The zero-order chi connectivity index (χ0) is 10.3. The smallest absolute Gasteiger partial charge is 0.321 e. The molecule has 0 aromatic rings. The summed E-state index contributed by atoms with van der Waals surface area (Å²) in [4.78, 5) is 11.1. The molecule has 0 aliphatic heterocycles. The average molecular weight is 217 g/mol. The highest BCUT2D eigenvalue weighted by atomic mass is 35.5. The Bertz CT molecular complexity index is 250. The minimum Gasteiger partial charge on any atom is -0.461 e. The lowest BCUT2D eigenvalue weighted by Gasteiger charge is -2.26. The van der Waals surface area contributed by atoms with Gasteiger partial charge in [-0.25, -0.2) is 0 Å². The van der Waals surface area contributed by atoms with Crippen molar-refractivity contribution in [2.24, 2.45) is 17.3 Å². The number of rotatable bonds is 2. The Morgan fingerprint density at radius 2 is 2.21 bits per heavy atom. The molecule has 2 saturated carbocycles. The van der Waals surface area contributed by atoms with Gasteiger partial charge in [-0.3, -0.25) is 4.79 Å². The number of fused-ring (bicyclic) bond motifs is 2. The molecule has 80 valence electrons. The highest BCUT2D eigenvalue weighted by Gasteiger charge is 2.54. The molecule has 2 aliphatic carbocycles. The molecule has 2 nitrogen and oxygen atoms in total. The van der Waals surface area contributed by atoms with Crippen LogP contribution in [0.15, 0.2) is 0 Å². The van der Waals surface area contributed by atoms with Crippen molar-refractivity contribution < 1.29 is 9.53 Å². The number of ether oxygens (including phenoxy) is 1. The van der Waals surface area contributed by atoms with Gasteiger partial charge in [-0.2, -0.15) is 0 Å². The number of hydrogen-bond donors (Lipinski definition) is 0. The predicted octanol–water partition coefficient (Wildman–Crippen LogP) is 2.59. The summed E-state index contributed by atoms with van der Waals surface area (Å²) in [6.07, 6.45) is 3.68. The molecule has 3 heteroatoms. The number of carbonyl (C=O) groups is 1. The number of halogens is 1. The van der Waals surface area contributed by atoms with E-state index in [0.29, 0.717) is 11.3 Å². The number of hydrogen-bond acceptors (Lipinski definition) is 2. The first-order valence-electron chi connectivity index (χ1n) is 5.31.